The Morgan fingerprint density at radius 2 is 1.22 bits per heavy atom. The molecule has 32 heavy (non-hydrogen) atoms. The standard InChI is InChI=1S/C22H40N2O8/c1-14(9-18(5)25)21(28)23-16(3)11-30-7-8-31-13-19(6)32-12-17(4)24-22(29)15(2)10-20(26)27/h14-17,19H,7-13H2,1-6H3,(H,23,28)(H,24,29)(H,26,27). The first kappa shape index (κ1) is 30.0. The number of carboxylic acids is 1. The Kier molecular flexibility index (Phi) is 15.5. The van der Waals surface area contributed by atoms with Crippen molar-refractivity contribution in [2.24, 2.45) is 11.8 Å². The summed E-state index contributed by atoms with van der Waals surface area (Å²) in [5.74, 6) is -2.47. The van der Waals surface area contributed by atoms with Crippen LogP contribution < -0.4 is 10.6 Å². The van der Waals surface area contributed by atoms with Gasteiger partial charge in [-0.15, -0.1) is 0 Å². The maximum Gasteiger partial charge on any atom is 0.304 e. The normalized spacial score (nSPS) is 15.8. The molecule has 0 aliphatic carbocycles. The van der Waals surface area contributed by atoms with E-state index in [1.807, 2.05) is 13.8 Å². The summed E-state index contributed by atoms with van der Waals surface area (Å²) in [4.78, 5) is 45.6. The van der Waals surface area contributed by atoms with Crippen LogP contribution >= 0.6 is 0 Å². The first-order valence-electron chi connectivity index (χ1n) is 11.0. The molecule has 0 saturated heterocycles. The van der Waals surface area contributed by atoms with Crippen molar-refractivity contribution in [3.63, 3.8) is 0 Å². The molecule has 0 saturated carbocycles. The fourth-order valence-corrected chi connectivity index (χ4v) is 2.72. The molecule has 5 atom stereocenters. The van der Waals surface area contributed by atoms with Crippen molar-refractivity contribution in [1.82, 2.24) is 10.6 Å². The van der Waals surface area contributed by atoms with Crippen molar-refractivity contribution in [2.75, 3.05) is 33.0 Å². The van der Waals surface area contributed by atoms with E-state index in [1.54, 1.807) is 20.8 Å². The Hall–Kier alpha value is -2.04. The van der Waals surface area contributed by atoms with Crippen molar-refractivity contribution in [2.45, 2.75) is 72.6 Å². The number of amides is 2. The number of hydrogen-bond donors (Lipinski definition) is 3. The number of aliphatic carboxylic acids is 1. The molecule has 2 amide bonds. The number of rotatable bonds is 18. The molecule has 0 aliphatic rings. The van der Waals surface area contributed by atoms with E-state index in [4.69, 9.17) is 19.3 Å². The zero-order valence-corrected chi connectivity index (χ0v) is 20.1. The number of Topliss-reactive ketones (excluding diaryl/α,β-unsaturated/α-hetero) is 1. The lowest BCUT2D eigenvalue weighted by Crippen LogP contribution is -2.40. The van der Waals surface area contributed by atoms with E-state index < -0.39 is 11.9 Å². The van der Waals surface area contributed by atoms with E-state index in [9.17, 15) is 19.2 Å². The third kappa shape index (κ3) is 15.7. The van der Waals surface area contributed by atoms with Crippen molar-refractivity contribution in [1.29, 1.82) is 0 Å². The van der Waals surface area contributed by atoms with E-state index >= 15 is 0 Å². The minimum absolute atomic E-state index is 0.0172. The van der Waals surface area contributed by atoms with Crippen LogP contribution in [0.5, 0.6) is 0 Å². The van der Waals surface area contributed by atoms with Crippen LogP contribution in [0.1, 0.15) is 54.4 Å². The molecule has 0 bridgehead atoms. The smallest absolute Gasteiger partial charge is 0.304 e. The minimum atomic E-state index is -1.01. The van der Waals surface area contributed by atoms with Gasteiger partial charge in [0, 0.05) is 30.3 Å². The van der Waals surface area contributed by atoms with E-state index in [-0.39, 0.29) is 61.2 Å². The van der Waals surface area contributed by atoms with Gasteiger partial charge in [-0.25, -0.2) is 0 Å². The fourth-order valence-electron chi connectivity index (χ4n) is 2.72. The van der Waals surface area contributed by atoms with E-state index in [2.05, 4.69) is 10.6 Å². The van der Waals surface area contributed by atoms with Crippen molar-refractivity contribution in [3.8, 4) is 0 Å². The monoisotopic (exact) mass is 460 g/mol. The molecule has 0 rings (SSSR count). The molecule has 0 aromatic carbocycles. The van der Waals surface area contributed by atoms with Crippen LogP contribution in [0.25, 0.3) is 0 Å². The maximum absolute atomic E-state index is 11.9. The van der Waals surface area contributed by atoms with E-state index in [1.165, 1.54) is 6.92 Å². The second-order valence-corrected chi connectivity index (χ2v) is 8.42. The highest BCUT2D eigenvalue weighted by molar-refractivity contribution is 5.85. The predicted molar refractivity (Wildman–Crippen MR) is 118 cm³/mol. The molecule has 0 aliphatic heterocycles. The maximum atomic E-state index is 11.9. The molecular formula is C22H40N2O8. The van der Waals surface area contributed by atoms with Gasteiger partial charge in [-0.05, 0) is 27.7 Å². The molecule has 10 heteroatoms. The largest absolute Gasteiger partial charge is 0.481 e. The van der Waals surface area contributed by atoms with Gasteiger partial charge in [0.2, 0.25) is 11.8 Å². The van der Waals surface area contributed by atoms with Gasteiger partial charge in [-0.2, -0.15) is 0 Å². The number of carbonyl (C=O) groups is 4. The Labute approximate surface area is 190 Å². The molecule has 0 spiro atoms. The van der Waals surface area contributed by atoms with Crippen LogP contribution in [-0.4, -0.2) is 79.9 Å². The van der Waals surface area contributed by atoms with Crippen molar-refractivity contribution >= 4 is 23.6 Å². The van der Waals surface area contributed by atoms with Crippen molar-refractivity contribution in [3.05, 3.63) is 0 Å². The van der Waals surface area contributed by atoms with Crippen LogP contribution in [0, 0.1) is 11.8 Å². The Morgan fingerprint density at radius 3 is 1.72 bits per heavy atom. The van der Waals surface area contributed by atoms with Gasteiger partial charge in [-0.1, -0.05) is 13.8 Å². The van der Waals surface area contributed by atoms with Crippen LogP contribution in [0.4, 0.5) is 0 Å². The number of ether oxygens (including phenoxy) is 3. The second kappa shape index (κ2) is 16.6. The molecule has 0 heterocycles. The zero-order valence-electron chi connectivity index (χ0n) is 20.1. The Bertz CT molecular complexity index is 598. The Morgan fingerprint density at radius 1 is 0.750 bits per heavy atom. The molecular weight excluding hydrogens is 420 g/mol. The van der Waals surface area contributed by atoms with Gasteiger partial charge in [-0.3, -0.25) is 14.4 Å². The molecule has 186 valence electrons. The summed E-state index contributed by atoms with van der Waals surface area (Å²) < 4.78 is 16.6. The number of nitrogens with one attached hydrogen (secondary N) is 2. The average Bonchev–Trinajstić information content (AvgIpc) is 2.67. The molecule has 0 fully saturated rings. The zero-order chi connectivity index (χ0) is 24.7. The quantitative estimate of drug-likeness (QED) is 0.259. The summed E-state index contributed by atoms with van der Waals surface area (Å²) in [6.07, 6.45) is -0.176. The summed E-state index contributed by atoms with van der Waals surface area (Å²) in [7, 11) is 0. The molecule has 10 nitrogen and oxygen atoms in total. The number of hydrogen-bond acceptors (Lipinski definition) is 7. The SMILES string of the molecule is CC(=O)CC(C)C(=O)NC(C)COCCOCC(C)OCC(C)NC(=O)C(C)CC(=O)O. The van der Waals surface area contributed by atoms with E-state index in [0.717, 1.165) is 0 Å². The summed E-state index contributed by atoms with van der Waals surface area (Å²) >= 11 is 0. The second-order valence-electron chi connectivity index (χ2n) is 8.42. The van der Waals surface area contributed by atoms with Gasteiger partial charge >= 0.3 is 5.97 Å². The minimum Gasteiger partial charge on any atom is -0.481 e. The van der Waals surface area contributed by atoms with Crippen LogP contribution in [-0.2, 0) is 33.4 Å². The van der Waals surface area contributed by atoms with Gasteiger partial charge < -0.3 is 34.7 Å². The number of carboxylic acid groups (broad SMARTS) is 1. The summed E-state index contributed by atoms with van der Waals surface area (Å²) in [6, 6.07) is -0.423. The fraction of sp³-hybridized carbons (Fsp3) is 0.818. The highest BCUT2D eigenvalue weighted by Gasteiger charge is 2.19. The predicted octanol–water partition coefficient (Wildman–Crippen LogP) is 1.16. The summed E-state index contributed by atoms with van der Waals surface area (Å²) in [5.41, 5.74) is 0. The first-order valence-corrected chi connectivity index (χ1v) is 11.0. The van der Waals surface area contributed by atoms with Crippen LogP contribution in [0.2, 0.25) is 0 Å². The number of carbonyl (C=O) groups excluding carboxylic acids is 3. The summed E-state index contributed by atoms with van der Waals surface area (Å²) in [5, 5.41) is 14.3. The van der Waals surface area contributed by atoms with Crippen molar-refractivity contribution < 1.29 is 38.5 Å². The summed E-state index contributed by atoms with van der Waals surface area (Å²) in [6.45, 7) is 11.9. The molecule has 0 aromatic heterocycles. The number of ketones is 1. The first-order chi connectivity index (χ1) is 14.9. The third-order valence-electron chi connectivity index (χ3n) is 4.47. The molecule has 0 radical (unpaired) electrons. The lowest BCUT2D eigenvalue weighted by molar-refractivity contribution is -0.141. The van der Waals surface area contributed by atoms with Gasteiger partial charge in [0.05, 0.1) is 45.6 Å². The highest BCUT2D eigenvalue weighted by Crippen LogP contribution is 2.04. The average molecular weight is 461 g/mol. The van der Waals surface area contributed by atoms with E-state index in [0.29, 0.717) is 26.4 Å². The third-order valence-corrected chi connectivity index (χ3v) is 4.47. The van der Waals surface area contributed by atoms with Crippen LogP contribution in [0.15, 0.2) is 0 Å². The highest BCUT2D eigenvalue weighted by atomic mass is 16.5. The molecule has 5 unspecified atom stereocenters. The Balaban J connectivity index is 3.83. The lowest BCUT2D eigenvalue weighted by Gasteiger charge is -2.20. The lowest BCUT2D eigenvalue weighted by atomic mass is 10.0. The van der Waals surface area contributed by atoms with Gasteiger partial charge in [0.1, 0.15) is 5.78 Å². The van der Waals surface area contributed by atoms with Gasteiger partial charge in [0.15, 0.2) is 0 Å². The van der Waals surface area contributed by atoms with Gasteiger partial charge in [0.25, 0.3) is 0 Å². The molecule has 3 N–H and O–H groups in total. The van der Waals surface area contributed by atoms with Crippen LogP contribution in [0.3, 0.4) is 0 Å². The molecule has 0 aromatic rings. The topological polar surface area (TPSA) is 140 Å².